The van der Waals surface area contributed by atoms with Crippen molar-refractivity contribution < 1.29 is 14.4 Å². The van der Waals surface area contributed by atoms with Crippen LogP contribution in [0.3, 0.4) is 0 Å². The Balaban J connectivity index is 1.70. The Morgan fingerprint density at radius 3 is 2.09 bits per heavy atom. The standard InChI is InChI=1S/C26H33N3O3/c1-7-18-8-10-19(11-9-18)16-28(6)22(30)17-29-23(31)26(5,27-24(29)32)21-14-12-20(13-15-21)25(2,3)4/h8-15H,7,16-17H2,1-6H3,(H,27,32)/t26-/m1/s1. The molecule has 0 radical (unpaired) electrons. The van der Waals surface area contributed by atoms with Crippen LogP contribution in [0.25, 0.3) is 0 Å². The average molecular weight is 436 g/mol. The summed E-state index contributed by atoms with van der Waals surface area (Å²) in [5, 5.41) is 2.78. The summed E-state index contributed by atoms with van der Waals surface area (Å²) in [6.45, 7) is 10.3. The number of benzene rings is 2. The summed E-state index contributed by atoms with van der Waals surface area (Å²) in [5.74, 6) is -0.708. The molecule has 1 heterocycles. The predicted octanol–water partition coefficient (Wildman–Crippen LogP) is 3.97. The monoisotopic (exact) mass is 435 g/mol. The molecule has 1 aliphatic heterocycles. The maximum Gasteiger partial charge on any atom is 0.325 e. The molecule has 170 valence electrons. The van der Waals surface area contributed by atoms with Crippen LogP contribution in [0.1, 0.15) is 56.9 Å². The van der Waals surface area contributed by atoms with Crippen LogP contribution in [0.4, 0.5) is 4.79 Å². The third-order valence-corrected chi connectivity index (χ3v) is 6.17. The van der Waals surface area contributed by atoms with E-state index in [1.165, 1.54) is 10.5 Å². The molecule has 2 aromatic carbocycles. The average Bonchev–Trinajstić information content (AvgIpc) is 2.97. The van der Waals surface area contributed by atoms with Crippen LogP contribution < -0.4 is 5.32 Å². The van der Waals surface area contributed by atoms with Crippen molar-refractivity contribution in [1.82, 2.24) is 15.1 Å². The summed E-state index contributed by atoms with van der Waals surface area (Å²) in [4.78, 5) is 41.1. The number of carbonyl (C=O) groups excluding carboxylic acids is 3. The Morgan fingerprint density at radius 2 is 1.56 bits per heavy atom. The highest BCUT2D eigenvalue weighted by Gasteiger charge is 2.49. The Bertz CT molecular complexity index is 1010. The molecule has 0 unspecified atom stereocenters. The van der Waals surface area contributed by atoms with Crippen molar-refractivity contribution in [1.29, 1.82) is 0 Å². The zero-order valence-corrected chi connectivity index (χ0v) is 19.9. The van der Waals surface area contributed by atoms with Gasteiger partial charge in [0.25, 0.3) is 5.91 Å². The normalized spacial score (nSPS) is 18.6. The fourth-order valence-electron chi connectivity index (χ4n) is 3.84. The molecule has 4 amide bonds. The Kier molecular flexibility index (Phi) is 6.44. The molecule has 0 aromatic heterocycles. The van der Waals surface area contributed by atoms with Crippen molar-refractivity contribution in [3.63, 3.8) is 0 Å². The number of rotatable bonds is 6. The lowest BCUT2D eigenvalue weighted by atomic mass is 9.84. The number of hydrogen-bond acceptors (Lipinski definition) is 3. The molecule has 0 aliphatic carbocycles. The van der Waals surface area contributed by atoms with Crippen LogP contribution in [0.15, 0.2) is 48.5 Å². The molecule has 0 saturated carbocycles. The summed E-state index contributed by atoms with van der Waals surface area (Å²) >= 11 is 0. The number of aryl methyl sites for hydroxylation is 1. The molecule has 1 fully saturated rings. The minimum absolute atomic E-state index is 0.0116. The van der Waals surface area contributed by atoms with E-state index >= 15 is 0 Å². The van der Waals surface area contributed by atoms with Gasteiger partial charge in [-0.2, -0.15) is 0 Å². The lowest BCUT2D eigenvalue weighted by Gasteiger charge is -2.25. The SMILES string of the molecule is CCc1ccc(CN(C)C(=O)CN2C(=O)N[C@](C)(c3ccc(C(C)(C)C)cc3)C2=O)cc1. The molecule has 2 aromatic rings. The number of imide groups is 1. The summed E-state index contributed by atoms with van der Waals surface area (Å²) < 4.78 is 0. The van der Waals surface area contributed by atoms with Crippen LogP contribution in [0.2, 0.25) is 0 Å². The highest BCUT2D eigenvalue weighted by Crippen LogP contribution is 2.31. The van der Waals surface area contributed by atoms with E-state index < -0.39 is 17.5 Å². The summed E-state index contributed by atoms with van der Waals surface area (Å²) in [6, 6.07) is 15.2. The molecule has 0 spiro atoms. The topological polar surface area (TPSA) is 69.7 Å². The Labute approximate surface area is 190 Å². The molecule has 1 aliphatic rings. The lowest BCUT2D eigenvalue weighted by molar-refractivity contribution is -0.138. The van der Waals surface area contributed by atoms with Crippen molar-refractivity contribution in [2.45, 2.75) is 58.5 Å². The van der Waals surface area contributed by atoms with E-state index in [1.807, 2.05) is 48.5 Å². The molecule has 6 heteroatoms. The molecule has 1 N–H and O–H groups in total. The van der Waals surface area contributed by atoms with Gasteiger partial charge in [0.05, 0.1) is 0 Å². The van der Waals surface area contributed by atoms with Crippen molar-refractivity contribution in [2.75, 3.05) is 13.6 Å². The number of hydrogen-bond donors (Lipinski definition) is 1. The van der Waals surface area contributed by atoms with Crippen LogP contribution >= 0.6 is 0 Å². The molecule has 32 heavy (non-hydrogen) atoms. The number of carbonyl (C=O) groups is 3. The molecule has 3 rings (SSSR count). The van der Waals surface area contributed by atoms with E-state index in [4.69, 9.17) is 0 Å². The van der Waals surface area contributed by atoms with Gasteiger partial charge in [0.2, 0.25) is 5.91 Å². The smallest absolute Gasteiger partial charge is 0.325 e. The summed E-state index contributed by atoms with van der Waals surface area (Å²) in [6.07, 6.45) is 0.957. The minimum Gasteiger partial charge on any atom is -0.340 e. The first-order valence-corrected chi connectivity index (χ1v) is 11.0. The molecular formula is C26H33N3O3. The van der Waals surface area contributed by atoms with Gasteiger partial charge < -0.3 is 10.2 Å². The van der Waals surface area contributed by atoms with Gasteiger partial charge in [-0.05, 0) is 41.0 Å². The number of amides is 4. The van der Waals surface area contributed by atoms with Gasteiger partial charge in [-0.25, -0.2) is 4.79 Å². The third-order valence-electron chi connectivity index (χ3n) is 6.17. The van der Waals surface area contributed by atoms with E-state index in [2.05, 4.69) is 33.0 Å². The maximum absolute atomic E-state index is 13.2. The fraction of sp³-hybridized carbons (Fsp3) is 0.423. The number of urea groups is 1. The quantitative estimate of drug-likeness (QED) is 0.698. The second-order valence-corrected chi connectivity index (χ2v) is 9.69. The third kappa shape index (κ3) is 4.69. The lowest BCUT2D eigenvalue weighted by Crippen LogP contribution is -2.43. The minimum atomic E-state index is -1.19. The number of nitrogens with one attached hydrogen (secondary N) is 1. The predicted molar refractivity (Wildman–Crippen MR) is 125 cm³/mol. The van der Waals surface area contributed by atoms with E-state index in [0.29, 0.717) is 12.1 Å². The Hall–Kier alpha value is -3.15. The first-order valence-electron chi connectivity index (χ1n) is 11.0. The highest BCUT2D eigenvalue weighted by molar-refractivity contribution is 6.09. The van der Waals surface area contributed by atoms with Crippen LogP contribution in [-0.2, 0) is 33.5 Å². The van der Waals surface area contributed by atoms with E-state index in [-0.39, 0.29) is 17.9 Å². The van der Waals surface area contributed by atoms with E-state index in [1.54, 1.807) is 14.0 Å². The van der Waals surface area contributed by atoms with Gasteiger partial charge in [0.15, 0.2) is 0 Å². The van der Waals surface area contributed by atoms with Crippen LogP contribution in [-0.4, -0.2) is 41.2 Å². The number of likely N-dealkylation sites (N-methyl/N-ethyl adjacent to an activating group) is 1. The van der Waals surface area contributed by atoms with Gasteiger partial charge >= 0.3 is 6.03 Å². The molecule has 1 saturated heterocycles. The maximum atomic E-state index is 13.2. The molecule has 1 atom stereocenters. The molecular weight excluding hydrogens is 402 g/mol. The first kappa shape index (κ1) is 23.5. The van der Waals surface area contributed by atoms with Crippen molar-refractivity contribution >= 4 is 17.8 Å². The van der Waals surface area contributed by atoms with Crippen LogP contribution in [0.5, 0.6) is 0 Å². The number of nitrogens with zero attached hydrogens (tertiary/aromatic N) is 2. The Morgan fingerprint density at radius 1 is 1.00 bits per heavy atom. The van der Waals surface area contributed by atoms with E-state index in [9.17, 15) is 14.4 Å². The van der Waals surface area contributed by atoms with Gasteiger partial charge in [-0.15, -0.1) is 0 Å². The van der Waals surface area contributed by atoms with E-state index in [0.717, 1.165) is 22.4 Å². The van der Waals surface area contributed by atoms with Gasteiger partial charge in [-0.1, -0.05) is 76.2 Å². The van der Waals surface area contributed by atoms with Crippen molar-refractivity contribution in [3.05, 3.63) is 70.8 Å². The second kappa shape index (κ2) is 8.77. The zero-order chi connectivity index (χ0) is 23.7. The van der Waals surface area contributed by atoms with Gasteiger partial charge in [0, 0.05) is 13.6 Å². The zero-order valence-electron chi connectivity index (χ0n) is 19.9. The molecule has 6 nitrogen and oxygen atoms in total. The van der Waals surface area contributed by atoms with Gasteiger partial charge in [-0.3, -0.25) is 14.5 Å². The van der Waals surface area contributed by atoms with Crippen molar-refractivity contribution in [2.24, 2.45) is 0 Å². The highest BCUT2D eigenvalue weighted by atomic mass is 16.2. The van der Waals surface area contributed by atoms with Gasteiger partial charge in [0.1, 0.15) is 12.1 Å². The van der Waals surface area contributed by atoms with Crippen LogP contribution in [0, 0.1) is 0 Å². The van der Waals surface area contributed by atoms with Crippen molar-refractivity contribution in [3.8, 4) is 0 Å². The molecule has 0 bridgehead atoms. The first-order chi connectivity index (χ1) is 15.0. The largest absolute Gasteiger partial charge is 0.340 e. The summed E-state index contributed by atoms with van der Waals surface area (Å²) in [7, 11) is 1.68. The second-order valence-electron chi connectivity index (χ2n) is 9.69. The summed E-state index contributed by atoms with van der Waals surface area (Å²) in [5.41, 5.74) is 2.87. The fourth-order valence-corrected chi connectivity index (χ4v) is 3.84.